The van der Waals surface area contributed by atoms with Gasteiger partial charge in [0.05, 0.1) is 4.91 Å². The highest BCUT2D eigenvalue weighted by molar-refractivity contribution is 8.14. The van der Waals surface area contributed by atoms with Crippen molar-refractivity contribution in [3.63, 3.8) is 0 Å². The topological polar surface area (TPSA) is 29.1 Å². The van der Waals surface area contributed by atoms with Gasteiger partial charge in [-0.25, -0.2) is 0 Å². The number of rotatable bonds is 1. The molecule has 0 aliphatic carbocycles. The Morgan fingerprint density at radius 2 is 2.07 bits per heavy atom. The van der Waals surface area contributed by atoms with Gasteiger partial charge in [-0.1, -0.05) is 42.1 Å². The zero-order valence-corrected chi connectivity index (χ0v) is 9.02. The summed E-state index contributed by atoms with van der Waals surface area (Å²) >= 11 is 5.60. The molecule has 0 spiro atoms. The number of amides is 1. The summed E-state index contributed by atoms with van der Waals surface area (Å²) in [4.78, 5) is 12.1. The lowest BCUT2D eigenvalue weighted by Gasteiger charge is -1.94. The first-order valence-corrected chi connectivity index (χ1v) is 5.57. The third-order valence-electron chi connectivity index (χ3n) is 1.81. The van der Waals surface area contributed by atoms with Crippen molar-refractivity contribution in [3.8, 4) is 0 Å². The number of benzene rings is 1. The molecule has 0 bridgehead atoms. The van der Waals surface area contributed by atoms with Crippen LogP contribution in [0.1, 0.15) is 5.56 Å². The molecule has 4 heteroatoms. The van der Waals surface area contributed by atoms with Gasteiger partial charge in [0.2, 0.25) is 0 Å². The fourth-order valence-corrected chi connectivity index (χ4v) is 2.42. The number of hydrogen-bond acceptors (Lipinski definition) is 3. The van der Waals surface area contributed by atoms with Crippen molar-refractivity contribution in [2.45, 2.75) is 4.71 Å². The van der Waals surface area contributed by atoms with Gasteiger partial charge in [0.1, 0.15) is 4.71 Å². The number of carbonyl (C=O) groups excluding carboxylic acids is 1. The van der Waals surface area contributed by atoms with E-state index in [1.807, 2.05) is 36.4 Å². The summed E-state index contributed by atoms with van der Waals surface area (Å²) in [6, 6.07) is 9.77. The van der Waals surface area contributed by atoms with Crippen LogP contribution in [0.4, 0.5) is 0 Å². The quantitative estimate of drug-likeness (QED) is 0.564. The van der Waals surface area contributed by atoms with Crippen LogP contribution in [0.5, 0.6) is 0 Å². The Hall–Kier alpha value is -0.870. The van der Waals surface area contributed by atoms with E-state index in [1.165, 1.54) is 11.8 Å². The summed E-state index contributed by atoms with van der Waals surface area (Å²) in [5.41, 5.74) is 1.03. The van der Waals surface area contributed by atoms with Gasteiger partial charge >= 0.3 is 0 Å². The summed E-state index contributed by atoms with van der Waals surface area (Å²) in [7, 11) is 0. The summed E-state index contributed by atoms with van der Waals surface area (Å²) in [6.07, 6.45) is 1.87. The Bertz CT molecular complexity index is 375. The molecule has 2 nitrogen and oxygen atoms in total. The summed E-state index contributed by atoms with van der Waals surface area (Å²) in [5, 5.41) is 2.71. The number of thiol groups is 1. The van der Waals surface area contributed by atoms with Crippen LogP contribution in [0.25, 0.3) is 6.08 Å². The molecule has 1 unspecified atom stereocenters. The maximum atomic E-state index is 11.3. The first kappa shape index (κ1) is 9.68. The number of nitrogens with one attached hydrogen (secondary N) is 1. The molecule has 0 aromatic heterocycles. The SMILES string of the molecule is O=C1NC(S)S/C1=C\c1ccccc1. The fraction of sp³-hybridized carbons (Fsp3) is 0.100. The molecule has 0 saturated carbocycles. The standard InChI is InChI=1S/C10H9NOS2/c12-9-8(14-10(13)11-9)6-7-4-2-1-3-5-7/h1-6,10,13H,(H,11,12)/b8-6-. The Morgan fingerprint density at radius 1 is 1.36 bits per heavy atom. The van der Waals surface area contributed by atoms with Gasteiger partial charge < -0.3 is 5.32 Å². The average molecular weight is 223 g/mol. The third kappa shape index (κ3) is 2.13. The minimum atomic E-state index is -0.113. The van der Waals surface area contributed by atoms with E-state index in [1.54, 1.807) is 0 Å². The predicted molar refractivity (Wildman–Crippen MR) is 62.9 cm³/mol. The molecule has 0 radical (unpaired) electrons. The first-order chi connectivity index (χ1) is 6.75. The lowest BCUT2D eigenvalue weighted by atomic mass is 10.2. The molecule has 1 aliphatic heterocycles. The van der Waals surface area contributed by atoms with Gasteiger partial charge in [-0.3, -0.25) is 4.79 Å². The normalized spacial score (nSPS) is 23.9. The maximum absolute atomic E-state index is 11.3. The van der Waals surface area contributed by atoms with Gasteiger partial charge in [-0.15, -0.1) is 12.6 Å². The van der Waals surface area contributed by atoms with Crippen molar-refractivity contribution in [1.82, 2.24) is 5.32 Å². The molecule has 1 heterocycles. The third-order valence-corrected chi connectivity index (χ3v) is 3.16. The summed E-state index contributed by atoms with van der Waals surface area (Å²) < 4.78 is -0.113. The van der Waals surface area contributed by atoms with Crippen LogP contribution in [-0.4, -0.2) is 10.6 Å². The molecule has 1 aromatic rings. The minimum Gasteiger partial charge on any atom is -0.331 e. The molecule has 1 atom stereocenters. The molecular weight excluding hydrogens is 214 g/mol. The van der Waals surface area contributed by atoms with Gasteiger partial charge in [0.25, 0.3) is 5.91 Å². The second-order valence-electron chi connectivity index (χ2n) is 2.86. The van der Waals surface area contributed by atoms with E-state index in [0.717, 1.165) is 10.5 Å². The molecular formula is C10H9NOS2. The summed E-state index contributed by atoms with van der Waals surface area (Å²) in [5.74, 6) is -0.0427. The molecule has 14 heavy (non-hydrogen) atoms. The molecule has 1 saturated heterocycles. The van der Waals surface area contributed by atoms with Gasteiger partial charge in [-0.2, -0.15) is 0 Å². The first-order valence-electron chi connectivity index (χ1n) is 4.18. The van der Waals surface area contributed by atoms with Crippen molar-refractivity contribution < 1.29 is 4.79 Å². The Labute approximate surface area is 92.2 Å². The molecule has 1 aliphatic rings. The Balaban J connectivity index is 2.23. The zero-order valence-electron chi connectivity index (χ0n) is 7.31. The highest BCUT2D eigenvalue weighted by atomic mass is 32.2. The number of hydrogen-bond donors (Lipinski definition) is 2. The van der Waals surface area contributed by atoms with Crippen LogP contribution in [0.2, 0.25) is 0 Å². The van der Waals surface area contributed by atoms with Crippen molar-refractivity contribution in [3.05, 3.63) is 40.8 Å². The molecule has 2 rings (SSSR count). The van der Waals surface area contributed by atoms with E-state index < -0.39 is 0 Å². The van der Waals surface area contributed by atoms with Crippen LogP contribution < -0.4 is 5.32 Å². The molecule has 1 fully saturated rings. The van der Waals surface area contributed by atoms with Gasteiger partial charge in [-0.05, 0) is 11.6 Å². The van der Waals surface area contributed by atoms with Crippen molar-refractivity contribution in [1.29, 1.82) is 0 Å². The monoisotopic (exact) mass is 223 g/mol. The van der Waals surface area contributed by atoms with Crippen molar-refractivity contribution in [2.24, 2.45) is 0 Å². The molecule has 72 valence electrons. The number of carbonyl (C=O) groups is 1. The van der Waals surface area contributed by atoms with E-state index in [0.29, 0.717) is 0 Å². The van der Waals surface area contributed by atoms with Gasteiger partial charge in [0.15, 0.2) is 0 Å². The van der Waals surface area contributed by atoms with E-state index >= 15 is 0 Å². The number of thioether (sulfide) groups is 1. The van der Waals surface area contributed by atoms with Crippen molar-refractivity contribution >= 4 is 36.4 Å². The summed E-state index contributed by atoms with van der Waals surface area (Å²) in [6.45, 7) is 0. The van der Waals surface area contributed by atoms with E-state index in [-0.39, 0.29) is 10.6 Å². The van der Waals surface area contributed by atoms with Crippen LogP contribution in [0.15, 0.2) is 35.2 Å². The molecule has 1 N–H and O–H groups in total. The Morgan fingerprint density at radius 3 is 2.64 bits per heavy atom. The largest absolute Gasteiger partial charge is 0.331 e. The van der Waals surface area contributed by atoms with E-state index in [2.05, 4.69) is 17.9 Å². The fourth-order valence-electron chi connectivity index (χ4n) is 1.19. The highest BCUT2D eigenvalue weighted by Gasteiger charge is 2.23. The lowest BCUT2D eigenvalue weighted by molar-refractivity contribution is -0.116. The Kier molecular flexibility index (Phi) is 2.84. The van der Waals surface area contributed by atoms with Crippen LogP contribution >= 0.6 is 24.4 Å². The van der Waals surface area contributed by atoms with Crippen LogP contribution in [0.3, 0.4) is 0 Å². The molecule has 1 aromatic carbocycles. The molecule has 1 amide bonds. The minimum absolute atomic E-state index is 0.0427. The second-order valence-corrected chi connectivity index (χ2v) is 4.88. The van der Waals surface area contributed by atoms with Crippen molar-refractivity contribution in [2.75, 3.05) is 0 Å². The predicted octanol–water partition coefficient (Wildman–Crippen LogP) is 2.10. The maximum Gasteiger partial charge on any atom is 0.259 e. The second kappa shape index (κ2) is 4.11. The highest BCUT2D eigenvalue weighted by Crippen LogP contribution is 2.30. The lowest BCUT2D eigenvalue weighted by Crippen LogP contribution is -2.19. The average Bonchev–Trinajstić information content (AvgIpc) is 2.47. The van der Waals surface area contributed by atoms with Crippen LogP contribution in [-0.2, 0) is 4.79 Å². The van der Waals surface area contributed by atoms with Gasteiger partial charge in [0, 0.05) is 0 Å². The van der Waals surface area contributed by atoms with E-state index in [4.69, 9.17) is 0 Å². The van der Waals surface area contributed by atoms with E-state index in [9.17, 15) is 4.79 Å². The van der Waals surface area contributed by atoms with Crippen LogP contribution in [0, 0.1) is 0 Å². The smallest absolute Gasteiger partial charge is 0.259 e. The zero-order chi connectivity index (χ0) is 9.97.